The molecule has 0 spiro atoms. The van der Waals surface area contributed by atoms with Crippen molar-refractivity contribution in [2.45, 2.75) is 80.1 Å². The maximum atomic E-state index is 12.4. The zero-order valence-corrected chi connectivity index (χ0v) is 15.8. The zero-order valence-electron chi connectivity index (χ0n) is 15.8. The minimum absolute atomic E-state index is 0.108. The Kier molecular flexibility index (Phi) is 10.6. The molecule has 0 radical (unpaired) electrons. The molecule has 0 saturated carbocycles. The first-order chi connectivity index (χ1) is 10.8. The maximum absolute atomic E-state index is 12.4. The number of carbonyl (C=O) groups is 2. The summed E-state index contributed by atoms with van der Waals surface area (Å²) in [5, 5.41) is 0. The van der Waals surface area contributed by atoms with E-state index < -0.39 is 0 Å². The molecule has 134 valence electrons. The van der Waals surface area contributed by atoms with Crippen LogP contribution in [0.25, 0.3) is 0 Å². The molecule has 4 nitrogen and oxygen atoms in total. The molecule has 0 aliphatic heterocycles. The summed E-state index contributed by atoms with van der Waals surface area (Å²) < 4.78 is 10.4. The Hall–Kier alpha value is -1.32. The third-order valence-corrected chi connectivity index (χ3v) is 3.40. The van der Waals surface area contributed by atoms with Crippen molar-refractivity contribution in [3.05, 3.63) is 11.1 Å². The Bertz CT molecular complexity index is 402. The third-order valence-electron chi connectivity index (χ3n) is 3.40. The van der Waals surface area contributed by atoms with E-state index in [4.69, 9.17) is 9.47 Å². The van der Waals surface area contributed by atoms with Gasteiger partial charge in [0.15, 0.2) is 0 Å². The second-order valence-electron chi connectivity index (χ2n) is 6.95. The second-order valence-corrected chi connectivity index (χ2v) is 6.95. The van der Waals surface area contributed by atoms with Gasteiger partial charge in [0.25, 0.3) is 0 Å². The molecule has 4 heteroatoms. The molecule has 0 aromatic carbocycles. The van der Waals surface area contributed by atoms with Gasteiger partial charge in [-0.05, 0) is 38.5 Å². The summed E-state index contributed by atoms with van der Waals surface area (Å²) in [4.78, 5) is 24.7. The lowest BCUT2D eigenvalue weighted by Crippen LogP contribution is -2.21. The third kappa shape index (κ3) is 9.42. The lowest BCUT2D eigenvalue weighted by atomic mass is 9.85. The van der Waals surface area contributed by atoms with E-state index in [1.807, 2.05) is 20.8 Å². The van der Waals surface area contributed by atoms with Crippen molar-refractivity contribution in [2.24, 2.45) is 5.41 Å². The maximum Gasteiger partial charge on any atom is 0.334 e. The van der Waals surface area contributed by atoms with Gasteiger partial charge in [-0.2, -0.15) is 0 Å². The molecule has 0 unspecified atom stereocenters. The van der Waals surface area contributed by atoms with Gasteiger partial charge < -0.3 is 9.47 Å². The van der Waals surface area contributed by atoms with Crippen LogP contribution in [0.15, 0.2) is 11.1 Å². The first-order valence-electron chi connectivity index (χ1n) is 8.83. The molecule has 23 heavy (non-hydrogen) atoms. The molecule has 0 heterocycles. The van der Waals surface area contributed by atoms with Crippen LogP contribution in [0.5, 0.6) is 0 Å². The first-order valence-corrected chi connectivity index (χ1v) is 8.83. The van der Waals surface area contributed by atoms with Gasteiger partial charge in [0, 0.05) is 11.1 Å². The molecule has 0 saturated heterocycles. The fourth-order valence-electron chi connectivity index (χ4n) is 2.37. The minimum atomic E-state index is -0.388. The normalized spacial score (nSPS) is 12.6. The number of ether oxygens (including phenoxy) is 2. The van der Waals surface area contributed by atoms with Crippen molar-refractivity contribution < 1.29 is 19.1 Å². The summed E-state index contributed by atoms with van der Waals surface area (Å²) in [6.07, 6.45) is 5.27. The molecule has 0 rings (SSSR count). The lowest BCUT2D eigenvalue weighted by Gasteiger charge is -2.22. The van der Waals surface area contributed by atoms with Gasteiger partial charge in [0.2, 0.25) is 0 Å². The largest absolute Gasteiger partial charge is 0.463 e. The summed E-state index contributed by atoms with van der Waals surface area (Å²) in [5.41, 5.74) is 0.870. The van der Waals surface area contributed by atoms with Gasteiger partial charge in [-0.3, -0.25) is 0 Å². The van der Waals surface area contributed by atoms with Crippen molar-refractivity contribution >= 4 is 11.9 Å². The number of hydrogen-bond acceptors (Lipinski definition) is 4. The van der Waals surface area contributed by atoms with Crippen LogP contribution in [-0.4, -0.2) is 25.2 Å². The smallest absolute Gasteiger partial charge is 0.334 e. The molecular weight excluding hydrogens is 292 g/mol. The standard InChI is InChI=1S/C19H34O4/c1-7-10-11-12-13-15(17(20)22-8-2)16(14-19(4,5)6)18(21)23-9-3/h7-14H2,1-6H3. The summed E-state index contributed by atoms with van der Waals surface area (Å²) >= 11 is 0. The van der Waals surface area contributed by atoms with Gasteiger partial charge in [-0.1, -0.05) is 47.0 Å². The molecule has 0 fully saturated rings. The fraction of sp³-hybridized carbons (Fsp3) is 0.789. The number of carbonyl (C=O) groups excluding carboxylic acids is 2. The van der Waals surface area contributed by atoms with E-state index in [2.05, 4.69) is 6.92 Å². The molecule has 0 N–H and O–H groups in total. The molecular formula is C19H34O4. The minimum Gasteiger partial charge on any atom is -0.463 e. The van der Waals surface area contributed by atoms with Gasteiger partial charge in [0.1, 0.15) is 0 Å². The van der Waals surface area contributed by atoms with E-state index >= 15 is 0 Å². The lowest BCUT2D eigenvalue weighted by molar-refractivity contribution is -0.142. The Morgan fingerprint density at radius 2 is 1.30 bits per heavy atom. The zero-order chi connectivity index (χ0) is 17.9. The van der Waals surface area contributed by atoms with Crippen LogP contribution in [0, 0.1) is 5.41 Å². The topological polar surface area (TPSA) is 52.6 Å². The Morgan fingerprint density at radius 3 is 1.74 bits per heavy atom. The van der Waals surface area contributed by atoms with Gasteiger partial charge in [-0.15, -0.1) is 0 Å². The van der Waals surface area contributed by atoms with E-state index in [9.17, 15) is 9.59 Å². The second kappa shape index (κ2) is 11.3. The van der Waals surface area contributed by atoms with Gasteiger partial charge in [0.05, 0.1) is 13.2 Å². The van der Waals surface area contributed by atoms with Gasteiger partial charge in [-0.25, -0.2) is 9.59 Å². The van der Waals surface area contributed by atoms with Crippen molar-refractivity contribution in [3.63, 3.8) is 0 Å². The van der Waals surface area contributed by atoms with E-state index in [-0.39, 0.29) is 17.4 Å². The summed E-state index contributed by atoms with van der Waals surface area (Å²) in [6.45, 7) is 12.5. The number of unbranched alkanes of at least 4 members (excludes halogenated alkanes) is 3. The van der Waals surface area contributed by atoms with Crippen LogP contribution in [0.3, 0.4) is 0 Å². The predicted molar refractivity (Wildman–Crippen MR) is 93.1 cm³/mol. The van der Waals surface area contributed by atoms with Crippen LogP contribution in [-0.2, 0) is 19.1 Å². The summed E-state index contributed by atoms with van der Waals surface area (Å²) in [5.74, 6) is -0.766. The van der Waals surface area contributed by atoms with E-state index in [1.165, 1.54) is 0 Å². The van der Waals surface area contributed by atoms with Crippen LogP contribution >= 0.6 is 0 Å². The average molecular weight is 326 g/mol. The van der Waals surface area contributed by atoms with Crippen molar-refractivity contribution in [3.8, 4) is 0 Å². The highest BCUT2D eigenvalue weighted by Crippen LogP contribution is 2.29. The predicted octanol–water partition coefficient (Wildman–Crippen LogP) is 4.82. The van der Waals surface area contributed by atoms with Crippen molar-refractivity contribution in [2.75, 3.05) is 13.2 Å². The summed E-state index contributed by atoms with van der Waals surface area (Å²) in [6, 6.07) is 0. The fourth-order valence-corrected chi connectivity index (χ4v) is 2.37. The van der Waals surface area contributed by atoms with E-state index in [1.54, 1.807) is 13.8 Å². The first kappa shape index (κ1) is 21.7. The number of esters is 2. The number of hydrogen-bond donors (Lipinski definition) is 0. The van der Waals surface area contributed by atoms with Crippen molar-refractivity contribution in [1.82, 2.24) is 0 Å². The summed E-state index contributed by atoms with van der Waals surface area (Å²) in [7, 11) is 0. The molecule has 0 atom stereocenters. The molecule has 0 amide bonds. The molecule has 0 aliphatic rings. The SMILES string of the molecule is CCCCCCC(C(=O)OCC)=C(CC(C)(C)C)C(=O)OCC. The Labute approximate surface area is 141 Å². The Balaban J connectivity index is 5.51. The van der Waals surface area contributed by atoms with Gasteiger partial charge >= 0.3 is 11.9 Å². The highest BCUT2D eigenvalue weighted by molar-refractivity contribution is 6.00. The quantitative estimate of drug-likeness (QED) is 0.328. The van der Waals surface area contributed by atoms with Crippen LogP contribution in [0.2, 0.25) is 0 Å². The van der Waals surface area contributed by atoms with Crippen LogP contribution in [0.4, 0.5) is 0 Å². The van der Waals surface area contributed by atoms with Crippen LogP contribution in [0.1, 0.15) is 80.1 Å². The monoisotopic (exact) mass is 326 g/mol. The molecule has 0 aromatic rings. The van der Waals surface area contributed by atoms with Crippen LogP contribution < -0.4 is 0 Å². The van der Waals surface area contributed by atoms with E-state index in [0.717, 1.165) is 25.7 Å². The highest BCUT2D eigenvalue weighted by Gasteiger charge is 2.26. The van der Waals surface area contributed by atoms with E-state index in [0.29, 0.717) is 37.2 Å². The average Bonchev–Trinajstić information content (AvgIpc) is 2.45. The molecule has 0 aliphatic carbocycles. The number of rotatable bonds is 10. The van der Waals surface area contributed by atoms with Crippen molar-refractivity contribution in [1.29, 1.82) is 0 Å². The Morgan fingerprint density at radius 1 is 0.783 bits per heavy atom. The molecule has 0 aromatic heterocycles. The molecule has 0 bridgehead atoms. The highest BCUT2D eigenvalue weighted by atomic mass is 16.5.